The summed E-state index contributed by atoms with van der Waals surface area (Å²) in [6.07, 6.45) is -17.1. The maximum absolute atomic E-state index is 14.3. The summed E-state index contributed by atoms with van der Waals surface area (Å²) in [5.41, 5.74) is 0. The smallest absolute Gasteiger partial charge is 0.418 e. The number of hydrogen-bond acceptors (Lipinski definition) is 7. The van der Waals surface area contributed by atoms with Crippen LogP contribution >= 0.6 is 0 Å². The molecule has 0 aromatic heterocycles. The molecule has 1 rings (SSSR count). The van der Waals surface area contributed by atoms with Gasteiger partial charge < -0.3 is 18.9 Å². The topological polar surface area (TPSA) is 88.1 Å². The lowest BCUT2D eigenvalue weighted by molar-refractivity contribution is -0.340. The van der Waals surface area contributed by atoms with E-state index in [0.29, 0.717) is 0 Å². The quantitative estimate of drug-likeness (QED) is 0.429. The Morgan fingerprint density at radius 1 is 0.870 bits per heavy atom. The number of ether oxygens (including phenoxy) is 4. The highest BCUT2D eigenvalue weighted by Gasteiger charge is 2.60. The Morgan fingerprint density at radius 2 is 1.30 bits per heavy atom. The lowest BCUT2D eigenvalue weighted by Crippen LogP contribution is -2.63. The monoisotopic (exact) mass is 346 g/mol. The van der Waals surface area contributed by atoms with Crippen LogP contribution in [0, 0.1) is 0 Å². The zero-order valence-electron chi connectivity index (χ0n) is 12.3. The van der Waals surface area contributed by atoms with Gasteiger partial charge >= 0.3 is 24.1 Å². The second-order valence-corrected chi connectivity index (χ2v) is 4.67. The number of halogens is 4. The molecule has 1 aliphatic heterocycles. The maximum Gasteiger partial charge on any atom is 0.418 e. The van der Waals surface area contributed by atoms with E-state index in [9.17, 15) is 31.9 Å². The molecule has 7 nitrogen and oxygen atoms in total. The minimum absolute atomic E-state index is 0.795. The first kappa shape index (κ1) is 19.1. The highest BCUT2D eigenvalue weighted by atomic mass is 19.4. The fourth-order valence-corrected chi connectivity index (χ4v) is 1.97. The lowest BCUT2D eigenvalue weighted by atomic mass is 9.98. The van der Waals surface area contributed by atoms with Gasteiger partial charge in [-0.3, -0.25) is 14.4 Å². The van der Waals surface area contributed by atoms with E-state index in [4.69, 9.17) is 0 Å². The Balaban J connectivity index is 3.21. The van der Waals surface area contributed by atoms with Crippen molar-refractivity contribution in [3.05, 3.63) is 0 Å². The van der Waals surface area contributed by atoms with Crippen molar-refractivity contribution in [3.63, 3.8) is 0 Å². The largest absolute Gasteiger partial charge is 0.455 e. The van der Waals surface area contributed by atoms with Crippen LogP contribution < -0.4 is 0 Å². The first-order valence-electron chi connectivity index (χ1n) is 6.31. The van der Waals surface area contributed by atoms with E-state index in [0.717, 1.165) is 20.8 Å². The fourth-order valence-electron chi connectivity index (χ4n) is 1.97. The van der Waals surface area contributed by atoms with Gasteiger partial charge in [-0.05, 0) is 0 Å². The Bertz CT molecular complexity index is 479. The van der Waals surface area contributed by atoms with Crippen molar-refractivity contribution in [1.82, 2.24) is 0 Å². The number of esters is 3. The van der Waals surface area contributed by atoms with E-state index in [1.54, 1.807) is 0 Å². The van der Waals surface area contributed by atoms with Gasteiger partial charge in [-0.15, -0.1) is 0 Å². The molecule has 11 heteroatoms. The van der Waals surface area contributed by atoms with E-state index < -0.39 is 54.9 Å². The Morgan fingerprint density at radius 3 is 1.70 bits per heavy atom. The van der Waals surface area contributed by atoms with Gasteiger partial charge in [0, 0.05) is 20.8 Å². The summed E-state index contributed by atoms with van der Waals surface area (Å²) < 4.78 is 71.1. The van der Waals surface area contributed by atoms with Crippen molar-refractivity contribution in [2.45, 2.75) is 57.7 Å². The second kappa shape index (κ2) is 7.11. The van der Waals surface area contributed by atoms with Crippen molar-refractivity contribution in [3.8, 4) is 0 Å². The average molecular weight is 346 g/mol. The minimum Gasteiger partial charge on any atom is -0.455 e. The van der Waals surface area contributed by atoms with Crippen molar-refractivity contribution in [2.75, 3.05) is 0 Å². The van der Waals surface area contributed by atoms with Gasteiger partial charge in [0.25, 0.3) is 0 Å². The van der Waals surface area contributed by atoms with Crippen LogP contribution in [0.5, 0.6) is 0 Å². The molecule has 0 aromatic carbocycles. The molecule has 1 fully saturated rings. The predicted octanol–water partition coefficient (Wildman–Crippen LogP) is 1.04. The first-order valence-corrected chi connectivity index (χ1v) is 6.31. The van der Waals surface area contributed by atoms with Crippen LogP contribution in [0.15, 0.2) is 0 Å². The normalized spacial score (nSPS) is 31.2. The van der Waals surface area contributed by atoms with Crippen molar-refractivity contribution in [1.29, 1.82) is 0 Å². The Labute approximate surface area is 127 Å². The van der Waals surface area contributed by atoms with E-state index in [1.807, 2.05) is 0 Å². The van der Waals surface area contributed by atoms with Crippen LogP contribution in [0.1, 0.15) is 20.8 Å². The molecule has 1 aliphatic rings. The number of hydrogen-bond donors (Lipinski definition) is 0. The molecular weight excluding hydrogens is 332 g/mol. The third-order valence-electron chi connectivity index (χ3n) is 2.69. The molecule has 132 valence electrons. The number of rotatable bonds is 3. The van der Waals surface area contributed by atoms with Gasteiger partial charge in [0.05, 0.1) is 0 Å². The maximum atomic E-state index is 14.3. The van der Waals surface area contributed by atoms with Crippen LogP contribution in [-0.2, 0) is 33.3 Å². The third-order valence-corrected chi connectivity index (χ3v) is 2.69. The Hall–Kier alpha value is -1.91. The van der Waals surface area contributed by atoms with Gasteiger partial charge in [0.1, 0.15) is 0 Å². The number of carbonyl (C=O) groups is 3. The van der Waals surface area contributed by atoms with Crippen LogP contribution in [0.2, 0.25) is 0 Å². The second-order valence-electron chi connectivity index (χ2n) is 4.67. The van der Waals surface area contributed by atoms with Gasteiger partial charge in [-0.25, -0.2) is 4.39 Å². The van der Waals surface area contributed by atoms with Crippen molar-refractivity contribution < 1.29 is 50.9 Å². The molecule has 0 aliphatic carbocycles. The summed E-state index contributed by atoms with van der Waals surface area (Å²) in [7, 11) is 0. The van der Waals surface area contributed by atoms with Gasteiger partial charge in [-0.2, -0.15) is 13.2 Å². The molecule has 23 heavy (non-hydrogen) atoms. The van der Waals surface area contributed by atoms with Crippen molar-refractivity contribution >= 4 is 17.9 Å². The third kappa shape index (κ3) is 5.05. The standard InChI is InChI=1S/C12H14F4O7/c1-4(17)20-8-7(13)11(22-6(3)19)23-10(12(14,15)16)9(8)21-5(2)18/h7-11H,1-3H3/t7-,8+,9+,10-,11-/m1/s1. The molecule has 5 atom stereocenters. The highest BCUT2D eigenvalue weighted by molar-refractivity contribution is 5.68. The number of alkyl halides is 4. The van der Waals surface area contributed by atoms with E-state index in [1.165, 1.54) is 0 Å². The summed E-state index contributed by atoms with van der Waals surface area (Å²) in [4.78, 5) is 32.9. The molecule has 0 spiro atoms. The molecule has 1 saturated heterocycles. The molecule has 0 saturated carbocycles. The van der Waals surface area contributed by atoms with Crippen LogP contribution in [0.25, 0.3) is 0 Å². The molecule has 0 radical (unpaired) electrons. The molecule has 1 heterocycles. The summed E-state index contributed by atoms with van der Waals surface area (Å²) >= 11 is 0. The van der Waals surface area contributed by atoms with Gasteiger partial charge in [-0.1, -0.05) is 0 Å². The van der Waals surface area contributed by atoms with E-state index in [2.05, 4.69) is 18.9 Å². The summed E-state index contributed by atoms with van der Waals surface area (Å²) in [5.74, 6) is -3.38. The molecule has 0 amide bonds. The zero-order chi connectivity index (χ0) is 17.9. The van der Waals surface area contributed by atoms with E-state index >= 15 is 0 Å². The molecule has 0 N–H and O–H groups in total. The Kier molecular flexibility index (Phi) is 5.92. The molecule has 0 aromatic rings. The first-order chi connectivity index (χ1) is 10.4. The average Bonchev–Trinajstić information content (AvgIpc) is 2.34. The van der Waals surface area contributed by atoms with Crippen LogP contribution in [0.3, 0.4) is 0 Å². The number of carbonyl (C=O) groups excluding carboxylic acids is 3. The van der Waals surface area contributed by atoms with Gasteiger partial charge in [0.15, 0.2) is 18.3 Å². The predicted molar refractivity (Wildman–Crippen MR) is 62.5 cm³/mol. The SMILES string of the molecule is CC(=O)O[C@@H]1O[C@@H](C(F)(F)F)[C@@H](OC(C)=O)[C@@H](OC(C)=O)[C@H]1F. The van der Waals surface area contributed by atoms with Crippen LogP contribution in [0.4, 0.5) is 17.6 Å². The summed E-state index contributed by atoms with van der Waals surface area (Å²) in [6.45, 7) is 2.46. The summed E-state index contributed by atoms with van der Waals surface area (Å²) in [5, 5.41) is 0. The molecular formula is C12H14F4O7. The highest BCUT2D eigenvalue weighted by Crippen LogP contribution is 2.37. The molecule has 0 unspecified atom stereocenters. The summed E-state index contributed by atoms with van der Waals surface area (Å²) in [6, 6.07) is 0. The minimum atomic E-state index is -5.10. The lowest BCUT2D eigenvalue weighted by Gasteiger charge is -2.42. The fraction of sp³-hybridized carbons (Fsp3) is 0.750. The molecule has 0 bridgehead atoms. The van der Waals surface area contributed by atoms with E-state index in [-0.39, 0.29) is 0 Å². The van der Waals surface area contributed by atoms with Crippen molar-refractivity contribution in [2.24, 2.45) is 0 Å². The zero-order valence-corrected chi connectivity index (χ0v) is 12.3. The van der Waals surface area contributed by atoms with Gasteiger partial charge in [0.2, 0.25) is 12.5 Å². The van der Waals surface area contributed by atoms with Crippen LogP contribution in [-0.4, -0.2) is 54.9 Å².